The van der Waals surface area contributed by atoms with E-state index >= 15 is 0 Å². The van der Waals surface area contributed by atoms with Crippen LogP contribution in [-0.2, 0) is 0 Å². The molecule has 50 valence electrons. The van der Waals surface area contributed by atoms with Gasteiger partial charge in [-0.1, -0.05) is 71.0 Å². The summed E-state index contributed by atoms with van der Waals surface area (Å²) >= 11 is 23.5. The first-order valence-electron chi connectivity index (χ1n) is 1.38. The molecule has 0 rings (SSSR count). The highest BCUT2D eigenvalue weighted by molar-refractivity contribution is 9.40. The molecule has 0 aromatic heterocycles. The second-order valence-corrected chi connectivity index (χ2v) is 11.2. The average Bonchev–Trinajstić information content (AvgIpc) is 1.25. The van der Waals surface area contributed by atoms with Crippen LogP contribution in [0.3, 0.4) is 0 Å². The van der Waals surface area contributed by atoms with Crippen molar-refractivity contribution in [2.75, 3.05) is 0 Å². The van der Waals surface area contributed by atoms with Gasteiger partial charge in [-0.2, -0.15) is 0 Å². The maximum Gasteiger partial charge on any atom is 0.206 e. The van der Waals surface area contributed by atoms with Crippen LogP contribution in [0.2, 0.25) is 0 Å². The Morgan fingerprint density at radius 1 is 0.875 bits per heavy atom. The minimum Gasteiger partial charge on any atom is -0.0852 e. The first kappa shape index (κ1) is 10.5. The Bertz CT molecular complexity index is 67.0. The van der Waals surface area contributed by atoms with Crippen LogP contribution in [0, 0.1) is 0 Å². The quantitative estimate of drug-likeness (QED) is 0.517. The van der Waals surface area contributed by atoms with Gasteiger partial charge < -0.3 is 0 Å². The molecule has 0 saturated carbocycles. The second-order valence-electron chi connectivity index (χ2n) is 0.996. The average molecular weight is 415 g/mol. The van der Waals surface area contributed by atoms with Crippen LogP contribution in [0.1, 0.15) is 0 Å². The Hall–Kier alpha value is 2.50. The molecule has 0 heterocycles. The van der Waals surface area contributed by atoms with Crippen LogP contribution in [0.25, 0.3) is 0 Å². The normalized spacial score (nSPS) is 14.2. The molecule has 0 amide bonds. The highest BCUT2D eigenvalue weighted by atomic mass is 80.0. The van der Waals surface area contributed by atoms with E-state index in [1.165, 1.54) is 0 Å². The molecule has 0 aliphatic heterocycles. The van der Waals surface area contributed by atoms with Gasteiger partial charge in [-0.25, -0.2) is 0 Å². The van der Waals surface area contributed by atoms with E-state index in [2.05, 4.69) is 63.7 Å². The number of hydrogen-bond acceptors (Lipinski definition) is 0. The number of rotatable bonds is 0. The molecule has 0 saturated heterocycles. The fourth-order valence-corrected chi connectivity index (χ4v) is 0. The highest BCUT2D eigenvalue weighted by Crippen LogP contribution is 2.53. The molecular formula is C2Br4Cl2. The van der Waals surface area contributed by atoms with Crippen molar-refractivity contribution in [3.05, 3.63) is 0 Å². The van der Waals surface area contributed by atoms with Crippen molar-refractivity contribution in [1.82, 2.24) is 0 Å². The van der Waals surface area contributed by atoms with E-state index in [1.807, 2.05) is 0 Å². The van der Waals surface area contributed by atoms with E-state index in [0.717, 1.165) is 0 Å². The fraction of sp³-hybridized carbons (Fsp3) is 1.00. The maximum absolute atomic E-state index is 5.55. The van der Waals surface area contributed by atoms with Gasteiger partial charge in [0.2, 0.25) is 3.24 Å². The third-order valence-corrected chi connectivity index (χ3v) is 6.23. The predicted octanol–water partition coefficient (Wildman–Crippen LogP) is 4.35. The molecule has 0 aromatic carbocycles. The summed E-state index contributed by atoms with van der Waals surface area (Å²) in [5.74, 6) is 0. The summed E-state index contributed by atoms with van der Waals surface area (Å²) in [5, 5.41) is 0. The minimum atomic E-state index is -1.06. The first-order valence-corrected chi connectivity index (χ1v) is 5.31. The van der Waals surface area contributed by atoms with Crippen LogP contribution in [0.15, 0.2) is 0 Å². The minimum absolute atomic E-state index is 0.677. The molecule has 0 unspecified atom stereocenters. The van der Waals surface area contributed by atoms with Crippen molar-refractivity contribution in [2.45, 2.75) is 5.39 Å². The molecule has 0 atom stereocenters. The molecule has 0 fully saturated rings. The standard InChI is InChI=1S/C2Br4Cl2/c3-1(4,5)2(6,7)8. The molecule has 0 nitrogen and oxygen atoms in total. The van der Waals surface area contributed by atoms with E-state index in [-0.39, 0.29) is 0 Å². The Morgan fingerprint density at radius 2 is 1.00 bits per heavy atom. The van der Waals surface area contributed by atoms with Gasteiger partial charge in [0, 0.05) is 0 Å². The lowest BCUT2D eigenvalue weighted by Gasteiger charge is -2.21. The van der Waals surface area contributed by atoms with Gasteiger partial charge in [0.05, 0.1) is 0 Å². The summed E-state index contributed by atoms with van der Waals surface area (Å²) in [5.41, 5.74) is 0. The van der Waals surface area contributed by atoms with Crippen LogP contribution in [0.4, 0.5) is 0 Å². The number of alkyl halides is 6. The third kappa shape index (κ3) is 3.62. The maximum atomic E-state index is 5.55. The van der Waals surface area contributed by atoms with E-state index in [9.17, 15) is 0 Å². The smallest absolute Gasteiger partial charge is 0.0852 e. The van der Waals surface area contributed by atoms with Gasteiger partial charge >= 0.3 is 0 Å². The fourth-order valence-electron chi connectivity index (χ4n) is 0. The zero-order valence-electron chi connectivity index (χ0n) is 3.27. The molecule has 8 heavy (non-hydrogen) atoms. The Labute approximate surface area is 91.2 Å². The van der Waals surface area contributed by atoms with Gasteiger partial charge in [0.25, 0.3) is 0 Å². The van der Waals surface area contributed by atoms with Crippen LogP contribution >= 0.6 is 86.9 Å². The highest BCUT2D eigenvalue weighted by Gasteiger charge is 2.41. The van der Waals surface area contributed by atoms with Gasteiger partial charge in [-0.15, -0.1) is 0 Å². The molecule has 0 aliphatic carbocycles. The van der Waals surface area contributed by atoms with Crippen molar-refractivity contribution < 1.29 is 0 Å². The van der Waals surface area contributed by atoms with Gasteiger partial charge in [0.15, 0.2) is 2.14 Å². The van der Waals surface area contributed by atoms with Crippen molar-refractivity contribution >= 4 is 86.9 Å². The van der Waals surface area contributed by atoms with Crippen molar-refractivity contribution in [1.29, 1.82) is 0 Å². The zero-order chi connectivity index (χ0) is 7.00. The topological polar surface area (TPSA) is 0 Å². The molecular weight excluding hydrogens is 415 g/mol. The Morgan fingerprint density at radius 3 is 1.00 bits per heavy atom. The van der Waals surface area contributed by atoms with Crippen molar-refractivity contribution in [3.63, 3.8) is 0 Å². The van der Waals surface area contributed by atoms with Crippen molar-refractivity contribution in [3.8, 4) is 0 Å². The van der Waals surface area contributed by atoms with Crippen LogP contribution in [-0.4, -0.2) is 5.39 Å². The van der Waals surface area contributed by atoms with Gasteiger partial charge in [0.1, 0.15) is 0 Å². The monoisotopic (exact) mass is 410 g/mol. The molecule has 0 spiro atoms. The summed E-state index contributed by atoms with van der Waals surface area (Å²) in [4.78, 5) is 0. The largest absolute Gasteiger partial charge is 0.206 e. The van der Waals surface area contributed by atoms with E-state index < -0.39 is 5.39 Å². The lowest BCUT2D eigenvalue weighted by molar-refractivity contribution is 1.25. The SMILES string of the molecule is ClC(Cl)(Br)C(Br)(Br)Br. The van der Waals surface area contributed by atoms with E-state index in [0.29, 0.717) is 0 Å². The van der Waals surface area contributed by atoms with Crippen LogP contribution < -0.4 is 0 Å². The Balaban J connectivity index is 4.02. The van der Waals surface area contributed by atoms with Crippen molar-refractivity contribution in [2.24, 2.45) is 0 Å². The zero-order valence-corrected chi connectivity index (χ0v) is 11.1. The van der Waals surface area contributed by atoms with Crippen LogP contribution in [0.5, 0.6) is 0 Å². The summed E-state index contributed by atoms with van der Waals surface area (Å²) < 4.78 is -1.73. The lowest BCUT2D eigenvalue weighted by Crippen LogP contribution is -2.20. The predicted molar refractivity (Wildman–Crippen MR) is 52.9 cm³/mol. The molecule has 0 radical (unpaired) electrons. The third-order valence-electron chi connectivity index (χ3n) is 0.321. The summed E-state index contributed by atoms with van der Waals surface area (Å²) in [6.07, 6.45) is 0. The van der Waals surface area contributed by atoms with E-state index in [1.54, 1.807) is 0 Å². The summed E-state index contributed by atoms with van der Waals surface area (Å²) in [6, 6.07) is 0. The molecule has 0 aromatic rings. The molecule has 0 aliphatic rings. The summed E-state index contributed by atoms with van der Waals surface area (Å²) in [6.45, 7) is 0. The first-order chi connectivity index (χ1) is 3.25. The number of hydrogen-bond donors (Lipinski definition) is 0. The number of halogens is 6. The van der Waals surface area contributed by atoms with Gasteiger partial charge in [-0.3, -0.25) is 0 Å². The van der Waals surface area contributed by atoms with E-state index in [4.69, 9.17) is 23.2 Å². The Kier molecular flexibility index (Phi) is 4.28. The molecule has 6 heteroatoms. The molecule has 0 bridgehead atoms. The van der Waals surface area contributed by atoms with Gasteiger partial charge in [-0.05, 0) is 15.9 Å². The lowest BCUT2D eigenvalue weighted by atomic mass is 10.9. The summed E-state index contributed by atoms with van der Waals surface area (Å²) in [7, 11) is 0. The molecule has 0 N–H and O–H groups in total. The second kappa shape index (κ2) is 3.26.